The Morgan fingerprint density at radius 3 is 0.857 bits per heavy atom. The Morgan fingerprint density at radius 1 is 0.286 bits per heavy atom. The molecule has 203 valence electrons. The Hall–Kier alpha value is -4.68. The van der Waals surface area contributed by atoms with Gasteiger partial charge in [0.25, 0.3) is 0 Å². The van der Waals surface area contributed by atoms with E-state index in [1.165, 1.54) is 86.9 Å². The van der Waals surface area contributed by atoms with E-state index in [0.717, 1.165) is 5.92 Å². The molecule has 0 saturated heterocycles. The van der Waals surface area contributed by atoms with Crippen molar-refractivity contribution in [2.75, 3.05) is 0 Å². The van der Waals surface area contributed by atoms with Gasteiger partial charge in [0.2, 0.25) is 0 Å². The second kappa shape index (κ2) is 12.0. The van der Waals surface area contributed by atoms with E-state index < -0.39 is 0 Å². The minimum atomic E-state index is 0.727. The standard InChI is InChI=1S/C42H35/c1-3-7-31(8-4-1)33-11-15-35(16-12-33)37-19-23-39(24-20-37)41-27-29-42(30-28-41)40-25-21-38(22-26-40)36-17-13-34(14-18-36)32-9-5-2-6-10-32/h1-4,7-8,11-30,32H,5-6,9-10H2. The minimum Gasteiger partial charge on any atom is -0.0622 e. The molecule has 6 aromatic rings. The lowest BCUT2D eigenvalue weighted by atomic mass is 9.83. The Kier molecular flexibility index (Phi) is 7.53. The predicted octanol–water partition coefficient (Wildman–Crippen LogP) is 11.9. The minimum absolute atomic E-state index is 0.727. The van der Waals surface area contributed by atoms with E-state index in [0.29, 0.717) is 0 Å². The van der Waals surface area contributed by atoms with Crippen LogP contribution in [0.25, 0.3) is 55.6 Å². The summed E-state index contributed by atoms with van der Waals surface area (Å²) in [5.74, 6) is 0.727. The van der Waals surface area contributed by atoms with Gasteiger partial charge in [0.1, 0.15) is 0 Å². The van der Waals surface area contributed by atoms with Crippen molar-refractivity contribution in [1.29, 1.82) is 0 Å². The van der Waals surface area contributed by atoms with Crippen LogP contribution in [0.15, 0.2) is 152 Å². The number of hydrogen-bond acceptors (Lipinski definition) is 0. The smallest absolute Gasteiger partial charge is 0.0162 e. The molecule has 1 aliphatic carbocycles. The summed E-state index contributed by atoms with van der Waals surface area (Å²) in [7, 11) is 0. The zero-order valence-corrected chi connectivity index (χ0v) is 23.9. The zero-order valence-electron chi connectivity index (χ0n) is 23.9. The maximum Gasteiger partial charge on any atom is -0.0162 e. The quantitative estimate of drug-likeness (QED) is 0.197. The number of hydrogen-bond donors (Lipinski definition) is 0. The first kappa shape index (κ1) is 26.2. The lowest BCUT2D eigenvalue weighted by molar-refractivity contribution is 0.512. The number of benzene rings is 6. The maximum absolute atomic E-state index is 2.43. The van der Waals surface area contributed by atoms with Crippen LogP contribution in [-0.4, -0.2) is 0 Å². The van der Waals surface area contributed by atoms with Crippen LogP contribution in [0.3, 0.4) is 0 Å². The van der Waals surface area contributed by atoms with Gasteiger partial charge in [-0.25, -0.2) is 0 Å². The average Bonchev–Trinajstić information content (AvgIpc) is 3.09. The van der Waals surface area contributed by atoms with Gasteiger partial charge < -0.3 is 0 Å². The molecule has 0 aromatic heterocycles. The molecular formula is C42H35. The molecule has 0 aliphatic heterocycles. The zero-order chi connectivity index (χ0) is 28.1. The average molecular weight is 540 g/mol. The van der Waals surface area contributed by atoms with Crippen LogP contribution in [0.5, 0.6) is 0 Å². The lowest BCUT2D eigenvalue weighted by Gasteiger charge is -2.22. The van der Waals surface area contributed by atoms with Crippen LogP contribution in [0.1, 0.15) is 37.2 Å². The summed E-state index contributed by atoms with van der Waals surface area (Å²) in [6.07, 6.45) is 7.53. The summed E-state index contributed by atoms with van der Waals surface area (Å²) in [6, 6.07) is 55.4. The summed E-state index contributed by atoms with van der Waals surface area (Å²) < 4.78 is 0. The molecule has 42 heavy (non-hydrogen) atoms. The largest absolute Gasteiger partial charge is 0.0622 e. The molecule has 0 heterocycles. The fourth-order valence-electron chi connectivity index (χ4n) is 6.26. The highest BCUT2D eigenvalue weighted by Gasteiger charge is 2.15. The van der Waals surface area contributed by atoms with Crippen LogP contribution >= 0.6 is 0 Å². The normalized spacial score (nSPS) is 13.6. The van der Waals surface area contributed by atoms with Gasteiger partial charge in [0.15, 0.2) is 0 Å². The monoisotopic (exact) mass is 539 g/mol. The molecule has 0 nitrogen and oxygen atoms in total. The molecule has 1 aliphatic rings. The Labute approximate surface area is 250 Å². The second-order valence-electron chi connectivity index (χ2n) is 11.4. The lowest BCUT2D eigenvalue weighted by Crippen LogP contribution is -2.04. The highest BCUT2D eigenvalue weighted by Crippen LogP contribution is 2.34. The molecule has 7 rings (SSSR count). The van der Waals surface area contributed by atoms with Gasteiger partial charge >= 0.3 is 0 Å². The van der Waals surface area contributed by atoms with Crippen molar-refractivity contribution in [2.24, 2.45) is 0 Å². The van der Waals surface area contributed by atoms with Crippen molar-refractivity contribution < 1.29 is 0 Å². The summed E-state index contributed by atoms with van der Waals surface area (Å²) >= 11 is 0. The molecule has 6 aromatic carbocycles. The molecule has 0 atom stereocenters. The first-order valence-electron chi connectivity index (χ1n) is 15.2. The summed E-state index contributed by atoms with van der Waals surface area (Å²) in [5.41, 5.74) is 14.0. The molecule has 1 radical (unpaired) electrons. The van der Waals surface area contributed by atoms with E-state index in [-0.39, 0.29) is 0 Å². The van der Waals surface area contributed by atoms with Crippen molar-refractivity contribution in [1.82, 2.24) is 0 Å². The van der Waals surface area contributed by atoms with Gasteiger partial charge in [-0.1, -0.05) is 152 Å². The fraction of sp³-hybridized carbons (Fsp3) is 0.119. The van der Waals surface area contributed by atoms with E-state index in [1.54, 1.807) is 0 Å². The SMILES string of the molecule is [CH]1CCC(c2ccc(-c3ccc(-c4ccc(-c5ccc(-c6ccc(-c7ccccc7)cc6)cc5)cc4)cc3)cc2)CC1. The van der Waals surface area contributed by atoms with Crippen molar-refractivity contribution in [3.05, 3.63) is 164 Å². The van der Waals surface area contributed by atoms with Gasteiger partial charge in [-0.15, -0.1) is 0 Å². The summed E-state index contributed by atoms with van der Waals surface area (Å²) in [6.45, 7) is 0. The molecule has 0 heteroatoms. The summed E-state index contributed by atoms with van der Waals surface area (Å²) in [5, 5.41) is 0. The first-order valence-corrected chi connectivity index (χ1v) is 15.2. The molecule has 1 saturated carbocycles. The molecule has 0 amide bonds. The van der Waals surface area contributed by atoms with Crippen molar-refractivity contribution in [3.8, 4) is 55.6 Å². The number of rotatable bonds is 6. The van der Waals surface area contributed by atoms with Crippen LogP contribution < -0.4 is 0 Å². The van der Waals surface area contributed by atoms with Gasteiger partial charge in [0.05, 0.1) is 0 Å². The van der Waals surface area contributed by atoms with Crippen LogP contribution in [0, 0.1) is 6.42 Å². The third-order valence-electron chi connectivity index (χ3n) is 8.80. The molecule has 0 spiro atoms. The van der Waals surface area contributed by atoms with Crippen LogP contribution in [0.2, 0.25) is 0 Å². The van der Waals surface area contributed by atoms with Gasteiger partial charge in [-0.3, -0.25) is 0 Å². The van der Waals surface area contributed by atoms with E-state index in [9.17, 15) is 0 Å². The molecule has 0 N–H and O–H groups in total. The third-order valence-corrected chi connectivity index (χ3v) is 8.80. The van der Waals surface area contributed by atoms with E-state index in [1.807, 2.05) is 0 Å². The predicted molar refractivity (Wildman–Crippen MR) is 179 cm³/mol. The summed E-state index contributed by atoms with van der Waals surface area (Å²) in [4.78, 5) is 0. The maximum atomic E-state index is 2.43. The van der Waals surface area contributed by atoms with Crippen molar-refractivity contribution in [2.45, 2.75) is 31.6 Å². The van der Waals surface area contributed by atoms with Crippen LogP contribution in [0.4, 0.5) is 0 Å². The topological polar surface area (TPSA) is 0 Å². The Bertz CT molecular complexity index is 1720. The molecule has 1 fully saturated rings. The van der Waals surface area contributed by atoms with E-state index in [4.69, 9.17) is 0 Å². The second-order valence-corrected chi connectivity index (χ2v) is 11.4. The third kappa shape index (κ3) is 5.71. The van der Waals surface area contributed by atoms with Gasteiger partial charge in [-0.2, -0.15) is 0 Å². The first-order chi connectivity index (χ1) is 20.8. The van der Waals surface area contributed by atoms with Crippen molar-refractivity contribution >= 4 is 0 Å². The van der Waals surface area contributed by atoms with E-state index >= 15 is 0 Å². The molecular weight excluding hydrogens is 504 g/mol. The Morgan fingerprint density at radius 2 is 0.548 bits per heavy atom. The Balaban J connectivity index is 1.02. The highest BCUT2D eigenvalue weighted by molar-refractivity contribution is 5.76. The van der Waals surface area contributed by atoms with Gasteiger partial charge in [0, 0.05) is 0 Å². The van der Waals surface area contributed by atoms with Gasteiger partial charge in [-0.05, 0) is 99.2 Å². The highest BCUT2D eigenvalue weighted by atomic mass is 14.2. The fourth-order valence-corrected chi connectivity index (χ4v) is 6.26. The molecule has 0 unspecified atom stereocenters. The molecule has 0 bridgehead atoms. The van der Waals surface area contributed by atoms with Crippen molar-refractivity contribution in [3.63, 3.8) is 0 Å². The van der Waals surface area contributed by atoms with E-state index in [2.05, 4.69) is 158 Å². The van der Waals surface area contributed by atoms with Crippen LogP contribution in [-0.2, 0) is 0 Å².